The molecular weight excluding hydrogens is 368 g/mol. The first-order chi connectivity index (χ1) is 14.4. The Morgan fingerprint density at radius 2 is 1.17 bits per heavy atom. The SMILES string of the molecule is CCCC1C/C(=C/c2ccc(N(C)C)cc2)C(=O)/C(=C/c2ccc(N(C)C)cc2)C1. The number of hydrogen-bond donors (Lipinski definition) is 0. The molecule has 0 amide bonds. The van der Waals surface area contributed by atoms with Crippen LogP contribution in [0.1, 0.15) is 43.7 Å². The van der Waals surface area contributed by atoms with E-state index in [0.29, 0.717) is 5.92 Å². The summed E-state index contributed by atoms with van der Waals surface area (Å²) in [5.74, 6) is 0.739. The number of benzene rings is 2. The van der Waals surface area contributed by atoms with Gasteiger partial charge < -0.3 is 9.80 Å². The van der Waals surface area contributed by atoms with Gasteiger partial charge in [0.1, 0.15) is 0 Å². The monoisotopic (exact) mass is 402 g/mol. The third kappa shape index (κ3) is 5.41. The van der Waals surface area contributed by atoms with Crippen LogP contribution in [0.15, 0.2) is 59.7 Å². The summed E-state index contributed by atoms with van der Waals surface area (Å²) in [5, 5.41) is 0. The van der Waals surface area contributed by atoms with Crippen molar-refractivity contribution in [3.8, 4) is 0 Å². The number of allylic oxidation sites excluding steroid dienone is 2. The van der Waals surface area contributed by atoms with Crippen LogP contribution in [0.3, 0.4) is 0 Å². The summed E-state index contributed by atoms with van der Waals surface area (Å²) >= 11 is 0. The number of nitrogens with zero attached hydrogens (tertiary/aromatic N) is 2. The molecule has 0 saturated heterocycles. The molecule has 1 atom stereocenters. The van der Waals surface area contributed by atoms with E-state index in [9.17, 15) is 4.79 Å². The highest BCUT2D eigenvalue weighted by Crippen LogP contribution is 2.35. The predicted molar refractivity (Wildman–Crippen MR) is 130 cm³/mol. The largest absolute Gasteiger partial charge is 0.378 e. The molecule has 0 bridgehead atoms. The van der Waals surface area contributed by atoms with Crippen LogP contribution in [-0.4, -0.2) is 34.0 Å². The standard InChI is InChI=1S/C27H34N2O/c1-6-7-22-18-23(16-20-8-12-25(13-9-20)28(2)3)27(30)24(19-22)17-21-10-14-26(15-11-21)29(4)5/h8-17,22H,6-7,18-19H2,1-5H3/b23-16-,24-17+. The van der Waals surface area contributed by atoms with Crippen molar-refractivity contribution in [1.29, 1.82) is 0 Å². The van der Waals surface area contributed by atoms with Crippen molar-refractivity contribution in [2.45, 2.75) is 32.6 Å². The molecule has 2 aromatic rings. The Morgan fingerprint density at radius 3 is 1.50 bits per heavy atom. The zero-order valence-electron chi connectivity index (χ0n) is 19.0. The Morgan fingerprint density at radius 1 is 0.767 bits per heavy atom. The van der Waals surface area contributed by atoms with Crippen LogP contribution < -0.4 is 9.80 Å². The summed E-state index contributed by atoms with van der Waals surface area (Å²) in [4.78, 5) is 17.5. The lowest BCUT2D eigenvalue weighted by molar-refractivity contribution is -0.113. The average molecular weight is 403 g/mol. The van der Waals surface area contributed by atoms with Gasteiger partial charge in [0.15, 0.2) is 5.78 Å². The van der Waals surface area contributed by atoms with E-state index in [1.165, 1.54) is 0 Å². The summed E-state index contributed by atoms with van der Waals surface area (Å²) in [6.07, 6.45) is 8.23. The molecule has 0 aliphatic heterocycles. The molecule has 1 aliphatic rings. The minimum Gasteiger partial charge on any atom is -0.378 e. The highest BCUT2D eigenvalue weighted by molar-refractivity contribution is 6.14. The van der Waals surface area contributed by atoms with Crippen molar-refractivity contribution in [3.63, 3.8) is 0 Å². The molecule has 1 fully saturated rings. The van der Waals surface area contributed by atoms with E-state index < -0.39 is 0 Å². The Hall–Kier alpha value is -2.81. The van der Waals surface area contributed by atoms with Crippen LogP contribution in [0.5, 0.6) is 0 Å². The van der Waals surface area contributed by atoms with Crippen LogP contribution in [0.2, 0.25) is 0 Å². The summed E-state index contributed by atoms with van der Waals surface area (Å²) in [5.41, 5.74) is 6.39. The van der Waals surface area contributed by atoms with Crippen LogP contribution in [0.25, 0.3) is 12.2 Å². The number of Topliss-reactive ketones (excluding diaryl/α,β-unsaturated/α-hetero) is 1. The van der Waals surface area contributed by atoms with Crippen molar-refractivity contribution in [3.05, 3.63) is 70.8 Å². The van der Waals surface area contributed by atoms with Gasteiger partial charge in [-0.1, -0.05) is 44.0 Å². The van der Waals surface area contributed by atoms with Crippen molar-refractivity contribution in [1.82, 2.24) is 0 Å². The number of ketones is 1. The minimum absolute atomic E-state index is 0.204. The second-order valence-corrected chi connectivity index (χ2v) is 8.70. The average Bonchev–Trinajstić information content (AvgIpc) is 2.72. The third-order valence-corrected chi connectivity index (χ3v) is 5.80. The fourth-order valence-electron chi connectivity index (χ4n) is 4.09. The summed E-state index contributed by atoms with van der Waals surface area (Å²) in [6.45, 7) is 2.23. The molecular formula is C27H34N2O. The van der Waals surface area contributed by atoms with Crippen molar-refractivity contribution < 1.29 is 4.79 Å². The maximum atomic E-state index is 13.3. The quantitative estimate of drug-likeness (QED) is 0.548. The molecule has 1 saturated carbocycles. The van der Waals surface area contributed by atoms with Gasteiger partial charge in [-0.3, -0.25) is 4.79 Å². The molecule has 3 heteroatoms. The Labute approximate surface area is 181 Å². The zero-order valence-corrected chi connectivity index (χ0v) is 19.0. The molecule has 1 aliphatic carbocycles. The van der Waals surface area contributed by atoms with Crippen molar-refractivity contribution in [2.75, 3.05) is 38.0 Å². The van der Waals surface area contributed by atoms with E-state index in [0.717, 1.165) is 59.3 Å². The van der Waals surface area contributed by atoms with Crippen LogP contribution >= 0.6 is 0 Å². The normalized spacial score (nSPS) is 19.4. The van der Waals surface area contributed by atoms with Crippen LogP contribution in [0.4, 0.5) is 11.4 Å². The number of carbonyl (C=O) groups is 1. The van der Waals surface area contributed by atoms with E-state index >= 15 is 0 Å². The first-order valence-corrected chi connectivity index (χ1v) is 10.9. The summed E-state index contributed by atoms with van der Waals surface area (Å²) < 4.78 is 0. The van der Waals surface area contributed by atoms with Gasteiger partial charge in [-0.15, -0.1) is 0 Å². The summed E-state index contributed by atoms with van der Waals surface area (Å²) in [7, 11) is 8.15. The molecule has 3 nitrogen and oxygen atoms in total. The lowest BCUT2D eigenvalue weighted by atomic mass is 9.78. The molecule has 0 aromatic heterocycles. The number of rotatable bonds is 6. The molecule has 0 N–H and O–H groups in total. The van der Waals surface area contributed by atoms with Crippen molar-refractivity contribution in [2.24, 2.45) is 5.92 Å². The highest BCUT2D eigenvalue weighted by Gasteiger charge is 2.27. The van der Waals surface area contributed by atoms with Gasteiger partial charge in [0.25, 0.3) is 0 Å². The molecule has 0 heterocycles. The van der Waals surface area contributed by atoms with Gasteiger partial charge in [0, 0.05) is 50.7 Å². The van der Waals surface area contributed by atoms with E-state index in [2.05, 4.69) is 77.4 Å². The Kier molecular flexibility index (Phi) is 7.15. The fourth-order valence-corrected chi connectivity index (χ4v) is 4.09. The number of hydrogen-bond acceptors (Lipinski definition) is 3. The number of carbonyl (C=O) groups excluding carboxylic acids is 1. The fraction of sp³-hybridized carbons (Fsp3) is 0.370. The van der Waals surface area contributed by atoms with Crippen LogP contribution in [-0.2, 0) is 4.79 Å². The van der Waals surface area contributed by atoms with Gasteiger partial charge in [-0.05, 0) is 66.3 Å². The van der Waals surface area contributed by atoms with Crippen molar-refractivity contribution >= 4 is 29.3 Å². The maximum absolute atomic E-state index is 13.3. The smallest absolute Gasteiger partial charge is 0.185 e. The Balaban J connectivity index is 1.89. The van der Waals surface area contributed by atoms with Gasteiger partial charge >= 0.3 is 0 Å². The van der Waals surface area contributed by atoms with E-state index in [1.807, 2.05) is 28.2 Å². The minimum atomic E-state index is 0.204. The Bertz CT molecular complexity index is 845. The molecule has 0 radical (unpaired) electrons. The molecule has 0 spiro atoms. The second-order valence-electron chi connectivity index (χ2n) is 8.70. The second kappa shape index (κ2) is 9.80. The van der Waals surface area contributed by atoms with E-state index in [1.54, 1.807) is 0 Å². The summed E-state index contributed by atoms with van der Waals surface area (Å²) in [6, 6.07) is 16.8. The highest BCUT2D eigenvalue weighted by atomic mass is 16.1. The maximum Gasteiger partial charge on any atom is 0.185 e. The number of anilines is 2. The van der Waals surface area contributed by atoms with Gasteiger partial charge in [0.05, 0.1) is 0 Å². The van der Waals surface area contributed by atoms with E-state index in [4.69, 9.17) is 0 Å². The molecule has 30 heavy (non-hydrogen) atoms. The third-order valence-electron chi connectivity index (χ3n) is 5.80. The topological polar surface area (TPSA) is 23.6 Å². The zero-order chi connectivity index (χ0) is 21.7. The predicted octanol–water partition coefficient (Wildman–Crippen LogP) is 6.06. The first-order valence-electron chi connectivity index (χ1n) is 10.9. The van der Waals surface area contributed by atoms with Gasteiger partial charge in [-0.25, -0.2) is 0 Å². The molecule has 158 valence electrons. The molecule has 3 rings (SSSR count). The lowest BCUT2D eigenvalue weighted by Crippen LogP contribution is -2.20. The lowest BCUT2D eigenvalue weighted by Gasteiger charge is -2.25. The molecule has 1 unspecified atom stereocenters. The van der Waals surface area contributed by atoms with Crippen LogP contribution in [0, 0.1) is 5.92 Å². The van der Waals surface area contributed by atoms with Gasteiger partial charge in [0.2, 0.25) is 0 Å². The first kappa shape index (κ1) is 21.9. The van der Waals surface area contributed by atoms with Gasteiger partial charge in [-0.2, -0.15) is 0 Å². The van der Waals surface area contributed by atoms with E-state index in [-0.39, 0.29) is 5.78 Å². The molecule has 2 aromatic carbocycles.